The molecule has 1 amide bonds. The fraction of sp³-hybridized carbons (Fsp3) is 0.923. The Kier molecular flexibility index (Phi) is 4.40. The fourth-order valence-corrected chi connectivity index (χ4v) is 2.99. The quantitative estimate of drug-likeness (QED) is 0.770. The Bertz CT molecular complexity index is 269. The molecular weight excluding hydrogens is 218 g/mol. The molecule has 1 saturated carbocycles. The van der Waals surface area contributed by atoms with Gasteiger partial charge in [-0.25, -0.2) is 0 Å². The van der Waals surface area contributed by atoms with Crippen LogP contribution in [0.4, 0.5) is 0 Å². The van der Waals surface area contributed by atoms with Crippen LogP contribution in [-0.2, 0) is 9.53 Å². The molecule has 0 bridgehead atoms. The van der Waals surface area contributed by atoms with Gasteiger partial charge in [0.15, 0.2) is 0 Å². The maximum atomic E-state index is 11.9. The molecule has 17 heavy (non-hydrogen) atoms. The fourth-order valence-electron chi connectivity index (χ4n) is 2.99. The summed E-state index contributed by atoms with van der Waals surface area (Å²) in [4.78, 5) is 11.9. The van der Waals surface area contributed by atoms with E-state index >= 15 is 0 Å². The van der Waals surface area contributed by atoms with Crippen LogP contribution >= 0.6 is 0 Å². The number of hydrogen-bond acceptors (Lipinski definition) is 3. The number of ether oxygens (including phenoxy) is 1. The average molecular weight is 241 g/mol. The molecule has 98 valence electrons. The van der Waals surface area contributed by atoms with Gasteiger partial charge >= 0.3 is 0 Å². The maximum absolute atomic E-state index is 11.9. The van der Waals surface area contributed by atoms with Crippen molar-refractivity contribution in [1.82, 2.24) is 5.32 Å². The lowest BCUT2D eigenvalue weighted by molar-refractivity contribution is -0.131. The third-order valence-electron chi connectivity index (χ3n) is 4.24. The van der Waals surface area contributed by atoms with E-state index < -0.39 is 0 Å². The van der Waals surface area contributed by atoms with E-state index in [1.165, 1.54) is 6.42 Å². The molecule has 2 rings (SSSR count). The van der Waals surface area contributed by atoms with E-state index in [4.69, 9.17) is 4.74 Å². The molecule has 0 aromatic rings. The van der Waals surface area contributed by atoms with E-state index in [1.807, 2.05) is 0 Å². The Balaban J connectivity index is 1.76. The molecule has 0 aromatic carbocycles. The van der Waals surface area contributed by atoms with Crippen LogP contribution in [0.1, 0.15) is 32.6 Å². The Morgan fingerprint density at radius 3 is 2.76 bits per heavy atom. The second kappa shape index (κ2) is 5.83. The van der Waals surface area contributed by atoms with Crippen molar-refractivity contribution >= 4 is 5.91 Å². The Morgan fingerprint density at radius 2 is 2.12 bits per heavy atom. The highest BCUT2D eigenvalue weighted by Gasteiger charge is 2.32. The lowest BCUT2D eigenvalue weighted by Crippen LogP contribution is -2.40. The summed E-state index contributed by atoms with van der Waals surface area (Å²) in [7, 11) is 0. The van der Waals surface area contributed by atoms with Crippen LogP contribution in [0.15, 0.2) is 0 Å². The van der Waals surface area contributed by atoms with Crippen LogP contribution in [0, 0.1) is 17.8 Å². The number of amides is 1. The molecule has 1 aliphatic carbocycles. The van der Waals surface area contributed by atoms with Crippen molar-refractivity contribution < 1.29 is 14.6 Å². The maximum Gasteiger partial charge on any atom is 0.249 e. The molecule has 0 radical (unpaired) electrons. The van der Waals surface area contributed by atoms with Crippen LogP contribution in [0.2, 0.25) is 0 Å². The van der Waals surface area contributed by atoms with Crippen molar-refractivity contribution in [2.75, 3.05) is 19.8 Å². The molecule has 2 fully saturated rings. The third-order valence-corrected chi connectivity index (χ3v) is 4.24. The van der Waals surface area contributed by atoms with E-state index in [-0.39, 0.29) is 18.6 Å². The standard InChI is InChI=1S/C13H23NO3/c1-9-5-6-17-12(9)13(16)14-7-10-3-2-4-11(10)8-15/h9-12,15H,2-8H2,1H3,(H,14,16). The molecule has 1 aliphatic heterocycles. The molecule has 4 unspecified atom stereocenters. The van der Waals surface area contributed by atoms with Crippen molar-refractivity contribution in [3.8, 4) is 0 Å². The van der Waals surface area contributed by atoms with Gasteiger partial charge in [0.25, 0.3) is 0 Å². The minimum atomic E-state index is -0.260. The van der Waals surface area contributed by atoms with Gasteiger partial charge in [0.1, 0.15) is 6.10 Å². The third kappa shape index (κ3) is 2.99. The highest BCUT2D eigenvalue weighted by molar-refractivity contribution is 5.81. The zero-order valence-corrected chi connectivity index (χ0v) is 10.5. The number of rotatable bonds is 4. The molecule has 0 spiro atoms. The van der Waals surface area contributed by atoms with Gasteiger partial charge in [-0.3, -0.25) is 4.79 Å². The number of carbonyl (C=O) groups is 1. The predicted molar refractivity (Wildman–Crippen MR) is 64.4 cm³/mol. The van der Waals surface area contributed by atoms with E-state index in [0.29, 0.717) is 30.9 Å². The number of hydrogen-bond donors (Lipinski definition) is 2. The van der Waals surface area contributed by atoms with Crippen molar-refractivity contribution in [2.45, 2.75) is 38.7 Å². The Hall–Kier alpha value is -0.610. The number of carbonyl (C=O) groups excluding carboxylic acids is 1. The normalized spacial score (nSPS) is 37.3. The number of nitrogens with one attached hydrogen (secondary N) is 1. The molecule has 0 aromatic heterocycles. The van der Waals surface area contributed by atoms with Gasteiger partial charge in [-0.2, -0.15) is 0 Å². The number of aliphatic hydroxyl groups excluding tert-OH is 1. The summed E-state index contributed by atoms with van der Waals surface area (Å²) in [6.07, 6.45) is 4.09. The van der Waals surface area contributed by atoms with Gasteiger partial charge in [-0.05, 0) is 37.0 Å². The second-order valence-corrected chi connectivity index (χ2v) is 5.44. The van der Waals surface area contributed by atoms with Crippen molar-refractivity contribution in [2.24, 2.45) is 17.8 Å². The van der Waals surface area contributed by atoms with Crippen LogP contribution in [-0.4, -0.2) is 36.9 Å². The smallest absolute Gasteiger partial charge is 0.249 e. The van der Waals surface area contributed by atoms with E-state index in [2.05, 4.69) is 12.2 Å². The van der Waals surface area contributed by atoms with Crippen LogP contribution in [0.25, 0.3) is 0 Å². The van der Waals surface area contributed by atoms with Crippen molar-refractivity contribution in [3.05, 3.63) is 0 Å². The number of aliphatic hydroxyl groups is 1. The van der Waals surface area contributed by atoms with E-state index in [9.17, 15) is 9.90 Å². The summed E-state index contributed by atoms with van der Waals surface area (Å²) >= 11 is 0. The van der Waals surface area contributed by atoms with E-state index in [1.54, 1.807) is 0 Å². The summed E-state index contributed by atoms with van der Waals surface area (Å²) in [5, 5.41) is 12.2. The zero-order valence-electron chi connectivity index (χ0n) is 10.5. The zero-order chi connectivity index (χ0) is 12.3. The van der Waals surface area contributed by atoms with Gasteiger partial charge < -0.3 is 15.2 Å². The first kappa shape index (κ1) is 12.8. The lowest BCUT2D eigenvalue weighted by atomic mass is 9.96. The molecule has 1 saturated heterocycles. The largest absolute Gasteiger partial charge is 0.396 e. The topological polar surface area (TPSA) is 58.6 Å². The molecular formula is C13H23NO3. The van der Waals surface area contributed by atoms with Crippen LogP contribution in [0.3, 0.4) is 0 Å². The second-order valence-electron chi connectivity index (χ2n) is 5.44. The highest BCUT2D eigenvalue weighted by atomic mass is 16.5. The summed E-state index contributed by atoms with van der Waals surface area (Å²) in [6, 6.07) is 0. The first-order valence-corrected chi connectivity index (χ1v) is 6.72. The monoisotopic (exact) mass is 241 g/mol. The van der Waals surface area contributed by atoms with E-state index in [0.717, 1.165) is 19.3 Å². The minimum absolute atomic E-state index is 0.0265. The Labute approximate surface area is 103 Å². The van der Waals surface area contributed by atoms with Gasteiger partial charge in [0.05, 0.1) is 0 Å². The molecule has 4 atom stereocenters. The molecule has 1 heterocycles. The first-order chi connectivity index (χ1) is 8.22. The summed E-state index contributed by atoms with van der Waals surface area (Å²) < 4.78 is 5.43. The van der Waals surface area contributed by atoms with Gasteiger partial charge in [-0.15, -0.1) is 0 Å². The molecule has 2 aliphatic rings. The van der Waals surface area contributed by atoms with Crippen molar-refractivity contribution in [1.29, 1.82) is 0 Å². The SMILES string of the molecule is CC1CCOC1C(=O)NCC1CCCC1CO. The molecule has 4 heteroatoms. The molecule has 4 nitrogen and oxygen atoms in total. The average Bonchev–Trinajstić information content (AvgIpc) is 2.94. The van der Waals surface area contributed by atoms with Gasteiger partial charge in [-0.1, -0.05) is 13.3 Å². The van der Waals surface area contributed by atoms with Crippen LogP contribution in [0.5, 0.6) is 0 Å². The minimum Gasteiger partial charge on any atom is -0.396 e. The highest BCUT2D eigenvalue weighted by Crippen LogP contribution is 2.30. The van der Waals surface area contributed by atoms with Gasteiger partial charge in [0.2, 0.25) is 5.91 Å². The summed E-state index contributed by atoms with van der Waals surface area (Å²) in [5.41, 5.74) is 0. The first-order valence-electron chi connectivity index (χ1n) is 6.72. The summed E-state index contributed by atoms with van der Waals surface area (Å²) in [5.74, 6) is 1.17. The summed E-state index contributed by atoms with van der Waals surface area (Å²) in [6.45, 7) is 3.69. The Morgan fingerprint density at radius 1 is 1.35 bits per heavy atom. The van der Waals surface area contributed by atoms with Gasteiger partial charge in [0, 0.05) is 19.8 Å². The van der Waals surface area contributed by atoms with Crippen molar-refractivity contribution in [3.63, 3.8) is 0 Å². The van der Waals surface area contributed by atoms with Crippen LogP contribution < -0.4 is 5.32 Å². The predicted octanol–water partition coefficient (Wildman–Crippen LogP) is 0.936. The lowest BCUT2D eigenvalue weighted by Gasteiger charge is -2.20. The molecule has 2 N–H and O–H groups in total.